The second-order valence-corrected chi connectivity index (χ2v) is 6.59. The summed E-state index contributed by atoms with van der Waals surface area (Å²) < 4.78 is 20.0. The fourth-order valence-electron chi connectivity index (χ4n) is 2.11. The second kappa shape index (κ2) is 6.27. The molecular formula is C13H12BrFN4O2S. The summed E-state index contributed by atoms with van der Waals surface area (Å²) in [6.07, 6.45) is -0.663. The Labute approximate surface area is 138 Å². The van der Waals surface area contributed by atoms with Crippen LogP contribution in [-0.4, -0.2) is 41.9 Å². The van der Waals surface area contributed by atoms with Gasteiger partial charge in [-0.05, 0) is 18.2 Å². The van der Waals surface area contributed by atoms with E-state index in [9.17, 15) is 9.18 Å². The van der Waals surface area contributed by atoms with Gasteiger partial charge in [-0.15, -0.1) is 10.2 Å². The molecule has 22 heavy (non-hydrogen) atoms. The van der Waals surface area contributed by atoms with Gasteiger partial charge in [0.05, 0.1) is 13.2 Å². The number of benzene rings is 1. The number of aromatic nitrogens is 2. The Balaban J connectivity index is 1.84. The topological polar surface area (TPSA) is 81.3 Å². The van der Waals surface area contributed by atoms with Gasteiger partial charge in [0.2, 0.25) is 11.0 Å². The third kappa shape index (κ3) is 3.11. The molecule has 1 amide bonds. The molecule has 2 heterocycles. The normalized spacial score (nSPS) is 18.5. The molecule has 1 aromatic heterocycles. The molecule has 6 nitrogen and oxygen atoms in total. The van der Waals surface area contributed by atoms with Crippen molar-refractivity contribution >= 4 is 38.3 Å². The number of nitrogens with zero attached hydrogens (tertiary/aromatic N) is 3. The van der Waals surface area contributed by atoms with Crippen LogP contribution in [0.5, 0.6) is 0 Å². The van der Waals surface area contributed by atoms with Crippen LogP contribution in [-0.2, 0) is 9.53 Å². The molecule has 0 aliphatic carbocycles. The molecule has 1 aliphatic rings. The first-order chi connectivity index (χ1) is 10.5. The molecule has 0 saturated carbocycles. The minimum Gasteiger partial charge on any atom is -0.367 e. The molecule has 0 spiro atoms. The van der Waals surface area contributed by atoms with Gasteiger partial charge < -0.3 is 15.4 Å². The van der Waals surface area contributed by atoms with Gasteiger partial charge in [0.1, 0.15) is 5.82 Å². The van der Waals surface area contributed by atoms with Gasteiger partial charge in [-0.25, -0.2) is 4.39 Å². The van der Waals surface area contributed by atoms with Crippen LogP contribution >= 0.6 is 27.3 Å². The molecule has 1 atom stereocenters. The monoisotopic (exact) mass is 386 g/mol. The first-order valence-corrected chi connectivity index (χ1v) is 8.10. The summed E-state index contributed by atoms with van der Waals surface area (Å²) in [4.78, 5) is 13.1. The molecule has 0 radical (unpaired) electrons. The number of ether oxygens (including phenoxy) is 1. The summed E-state index contributed by atoms with van der Waals surface area (Å²) in [7, 11) is 0. The van der Waals surface area contributed by atoms with Crippen molar-refractivity contribution in [2.24, 2.45) is 5.73 Å². The van der Waals surface area contributed by atoms with Crippen molar-refractivity contribution in [1.82, 2.24) is 10.2 Å². The Bertz CT molecular complexity index is 711. The largest absolute Gasteiger partial charge is 0.367 e. The number of halogens is 2. The lowest BCUT2D eigenvalue weighted by molar-refractivity contribution is -0.130. The maximum absolute atomic E-state index is 13.9. The van der Waals surface area contributed by atoms with E-state index in [0.717, 1.165) is 4.47 Å². The number of morpholine rings is 1. The summed E-state index contributed by atoms with van der Waals surface area (Å²) in [6.45, 7) is 1.29. The summed E-state index contributed by atoms with van der Waals surface area (Å²) in [6, 6.07) is 4.66. The first-order valence-electron chi connectivity index (χ1n) is 6.49. The Morgan fingerprint density at radius 2 is 2.32 bits per heavy atom. The minimum absolute atomic E-state index is 0.324. The molecule has 2 N–H and O–H groups in total. The highest BCUT2D eigenvalue weighted by Gasteiger charge is 2.27. The smallest absolute Gasteiger partial charge is 0.248 e. The van der Waals surface area contributed by atoms with E-state index in [1.807, 2.05) is 4.90 Å². The average molecular weight is 387 g/mol. The predicted octanol–water partition coefficient (Wildman–Crippen LogP) is 1.80. The third-order valence-corrected chi connectivity index (χ3v) is 4.74. The van der Waals surface area contributed by atoms with E-state index >= 15 is 0 Å². The Hall–Kier alpha value is -1.58. The number of hydrogen-bond donors (Lipinski definition) is 1. The standard InChI is InChI=1S/C13H12BrFN4O2S/c14-7-1-2-9(15)8(5-7)12-17-18-13(22-12)19-3-4-21-10(6-19)11(16)20/h1-2,5,10H,3-4,6H2,(H2,16,20). The van der Waals surface area contributed by atoms with Crippen LogP contribution in [0.3, 0.4) is 0 Å². The second-order valence-electron chi connectivity index (χ2n) is 4.72. The molecule has 0 bridgehead atoms. The number of rotatable bonds is 3. The van der Waals surface area contributed by atoms with E-state index in [1.54, 1.807) is 12.1 Å². The lowest BCUT2D eigenvalue weighted by Crippen LogP contribution is -2.48. The Morgan fingerprint density at radius 3 is 3.09 bits per heavy atom. The number of nitrogens with two attached hydrogens (primary N) is 1. The third-order valence-electron chi connectivity index (χ3n) is 3.23. The molecule has 1 unspecified atom stereocenters. The molecule has 1 fully saturated rings. The Kier molecular flexibility index (Phi) is 4.37. The fourth-order valence-corrected chi connectivity index (χ4v) is 3.37. The fraction of sp³-hybridized carbons (Fsp3) is 0.308. The number of primary amides is 1. The summed E-state index contributed by atoms with van der Waals surface area (Å²) in [5.74, 6) is -0.865. The van der Waals surface area contributed by atoms with Crippen LogP contribution < -0.4 is 10.6 Å². The minimum atomic E-state index is -0.663. The van der Waals surface area contributed by atoms with Crippen LogP contribution in [0.25, 0.3) is 10.6 Å². The molecule has 2 aromatic rings. The van der Waals surface area contributed by atoms with Gasteiger partial charge in [0.25, 0.3) is 0 Å². The van der Waals surface area contributed by atoms with Crippen molar-refractivity contribution in [3.8, 4) is 10.6 Å². The zero-order valence-electron chi connectivity index (χ0n) is 11.3. The highest BCUT2D eigenvalue weighted by molar-refractivity contribution is 9.10. The molecule has 1 aromatic carbocycles. The van der Waals surface area contributed by atoms with Gasteiger partial charge in [-0.2, -0.15) is 0 Å². The number of carbonyl (C=O) groups is 1. The highest BCUT2D eigenvalue weighted by atomic mass is 79.9. The van der Waals surface area contributed by atoms with E-state index in [0.29, 0.717) is 35.4 Å². The van der Waals surface area contributed by atoms with E-state index in [4.69, 9.17) is 10.5 Å². The number of anilines is 1. The molecule has 1 aliphatic heterocycles. The quantitative estimate of drug-likeness (QED) is 0.869. The molecule has 9 heteroatoms. The zero-order valence-corrected chi connectivity index (χ0v) is 13.7. The predicted molar refractivity (Wildman–Crippen MR) is 84.2 cm³/mol. The van der Waals surface area contributed by atoms with Gasteiger partial charge in [-0.1, -0.05) is 27.3 Å². The van der Waals surface area contributed by atoms with Gasteiger partial charge in [0, 0.05) is 16.6 Å². The molecule has 1 saturated heterocycles. The summed E-state index contributed by atoms with van der Waals surface area (Å²) in [5.41, 5.74) is 5.65. The SMILES string of the molecule is NC(=O)C1CN(c2nnc(-c3cc(Br)ccc3F)s2)CCO1. The summed E-state index contributed by atoms with van der Waals surface area (Å²) >= 11 is 4.58. The zero-order chi connectivity index (χ0) is 15.7. The molecule has 3 rings (SSSR count). The highest BCUT2D eigenvalue weighted by Crippen LogP contribution is 2.32. The maximum atomic E-state index is 13.9. The van der Waals surface area contributed by atoms with Crippen LogP contribution in [0.1, 0.15) is 0 Å². The maximum Gasteiger partial charge on any atom is 0.248 e. The lowest BCUT2D eigenvalue weighted by Gasteiger charge is -2.30. The lowest BCUT2D eigenvalue weighted by atomic mass is 10.2. The van der Waals surface area contributed by atoms with Crippen LogP contribution in [0, 0.1) is 5.82 Å². The molecular weight excluding hydrogens is 375 g/mol. The van der Waals surface area contributed by atoms with Gasteiger partial charge in [0.15, 0.2) is 11.1 Å². The number of carbonyl (C=O) groups excluding carboxylic acids is 1. The van der Waals surface area contributed by atoms with Crippen molar-refractivity contribution in [3.05, 3.63) is 28.5 Å². The molecule has 116 valence electrons. The van der Waals surface area contributed by atoms with E-state index in [2.05, 4.69) is 26.1 Å². The van der Waals surface area contributed by atoms with Crippen molar-refractivity contribution in [2.45, 2.75) is 6.10 Å². The number of hydrogen-bond acceptors (Lipinski definition) is 6. The van der Waals surface area contributed by atoms with E-state index in [1.165, 1.54) is 17.4 Å². The van der Waals surface area contributed by atoms with Gasteiger partial charge >= 0.3 is 0 Å². The van der Waals surface area contributed by atoms with Gasteiger partial charge in [-0.3, -0.25) is 4.79 Å². The summed E-state index contributed by atoms with van der Waals surface area (Å²) in [5, 5.41) is 9.23. The average Bonchev–Trinajstić information content (AvgIpc) is 2.99. The van der Waals surface area contributed by atoms with Crippen LogP contribution in [0.2, 0.25) is 0 Å². The van der Waals surface area contributed by atoms with Crippen molar-refractivity contribution in [1.29, 1.82) is 0 Å². The van der Waals surface area contributed by atoms with Crippen LogP contribution in [0.15, 0.2) is 22.7 Å². The van der Waals surface area contributed by atoms with Crippen molar-refractivity contribution in [2.75, 3.05) is 24.6 Å². The Morgan fingerprint density at radius 1 is 1.50 bits per heavy atom. The number of amides is 1. The van der Waals surface area contributed by atoms with E-state index < -0.39 is 12.0 Å². The van der Waals surface area contributed by atoms with E-state index in [-0.39, 0.29) is 5.82 Å². The van der Waals surface area contributed by atoms with Crippen LogP contribution in [0.4, 0.5) is 9.52 Å². The first kappa shape index (κ1) is 15.3. The van der Waals surface area contributed by atoms with Crippen molar-refractivity contribution in [3.63, 3.8) is 0 Å². The van der Waals surface area contributed by atoms with Crippen molar-refractivity contribution < 1.29 is 13.9 Å².